The Balaban J connectivity index is 3.27. The van der Waals surface area contributed by atoms with Crippen molar-refractivity contribution in [1.29, 1.82) is 0 Å². The van der Waals surface area contributed by atoms with Crippen molar-refractivity contribution in [3.63, 3.8) is 0 Å². The Bertz CT molecular complexity index is 572. The molecule has 1 rings (SSSR count). The van der Waals surface area contributed by atoms with Crippen LogP contribution in [0.1, 0.15) is 12.5 Å². The molecule has 0 bridgehead atoms. The third-order valence-corrected chi connectivity index (χ3v) is 3.04. The molecule has 10 heteroatoms. The van der Waals surface area contributed by atoms with Crippen molar-refractivity contribution < 1.29 is 22.4 Å². The second-order valence-electron chi connectivity index (χ2n) is 3.58. The molecule has 1 aromatic carbocycles. The van der Waals surface area contributed by atoms with Gasteiger partial charge in [-0.25, -0.2) is 4.39 Å². The third-order valence-electron chi connectivity index (χ3n) is 2.05. The predicted octanol–water partition coefficient (Wildman–Crippen LogP) is 5.30. The average Bonchev–Trinajstić information content (AvgIpc) is 2.25. The standard InChI is InChI=1S/C10H5Cl3F4N2O/c1-4(20)9(12,13)19-18-8-2-5(10(15,16)17)6(11)3-7(8)14/h2-3H,1H3. The summed E-state index contributed by atoms with van der Waals surface area (Å²) in [5.41, 5.74) is -2.10. The summed E-state index contributed by atoms with van der Waals surface area (Å²) in [5.74, 6) is -1.99. The van der Waals surface area contributed by atoms with Gasteiger partial charge >= 0.3 is 6.18 Å². The van der Waals surface area contributed by atoms with E-state index in [-0.39, 0.29) is 0 Å². The van der Waals surface area contributed by atoms with Crippen LogP contribution in [0.15, 0.2) is 22.4 Å². The number of hydrogen-bond acceptors (Lipinski definition) is 3. The van der Waals surface area contributed by atoms with E-state index in [1.807, 2.05) is 0 Å². The highest BCUT2D eigenvalue weighted by Crippen LogP contribution is 2.38. The zero-order valence-electron chi connectivity index (χ0n) is 9.60. The summed E-state index contributed by atoms with van der Waals surface area (Å²) in [6.45, 7) is 0.985. The minimum atomic E-state index is -4.80. The van der Waals surface area contributed by atoms with E-state index in [1.54, 1.807) is 0 Å². The fourth-order valence-electron chi connectivity index (χ4n) is 1.02. The molecule has 0 radical (unpaired) electrons. The maximum absolute atomic E-state index is 13.4. The van der Waals surface area contributed by atoms with E-state index in [2.05, 4.69) is 10.2 Å². The summed E-state index contributed by atoms with van der Waals surface area (Å²) < 4.78 is 48.8. The van der Waals surface area contributed by atoms with E-state index in [4.69, 9.17) is 34.8 Å². The molecule has 110 valence electrons. The minimum Gasteiger partial charge on any atom is -0.294 e. The summed E-state index contributed by atoms with van der Waals surface area (Å²) in [7, 11) is 0. The average molecular weight is 352 g/mol. The van der Waals surface area contributed by atoms with Crippen molar-refractivity contribution >= 4 is 46.3 Å². The van der Waals surface area contributed by atoms with Gasteiger partial charge < -0.3 is 0 Å². The number of nitrogens with zero attached hydrogens (tertiary/aromatic N) is 2. The van der Waals surface area contributed by atoms with Gasteiger partial charge in [-0.05, 0) is 19.1 Å². The van der Waals surface area contributed by atoms with Gasteiger partial charge in [-0.3, -0.25) is 4.79 Å². The summed E-state index contributed by atoms with van der Waals surface area (Å²) >= 11 is 16.1. The van der Waals surface area contributed by atoms with Crippen molar-refractivity contribution in [3.05, 3.63) is 28.5 Å². The van der Waals surface area contributed by atoms with E-state index in [1.165, 1.54) is 0 Å². The van der Waals surface area contributed by atoms with E-state index in [9.17, 15) is 22.4 Å². The lowest BCUT2D eigenvalue weighted by molar-refractivity contribution is -0.137. The number of alkyl halides is 5. The number of carbonyl (C=O) groups is 1. The van der Waals surface area contributed by atoms with Gasteiger partial charge in [-0.1, -0.05) is 34.8 Å². The molecule has 0 unspecified atom stereocenters. The van der Waals surface area contributed by atoms with Crippen LogP contribution in [0.5, 0.6) is 0 Å². The summed E-state index contributed by atoms with van der Waals surface area (Å²) in [6.07, 6.45) is -4.80. The molecule has 20 heavy (non-hydrogen) atoms. The van der Waals surface area contributed by atoms with Crippen molar-refractivity contribution in [3.8, 4) is 0 Å². The number of hydrogen-bond donors (Lipinski definition) is 0. The Labute approximate surface area is 125 Å². The van der Waals surface area contributed by atoms with Gasteiger partial charge in [-0.15, -0.1) is 10.2 Å². The number of carbonyl (C=O) groups excluding carboxylic acids is 1. The van der Waals surface area contributed by atoms with Gasteiger partial charge in [-0.2, -0.15) is 13.2 Å². The molecule has 0 aromatic heterocycles. The van der Waals surface area contributed by atoms with Crippen LogP contribution in [0.4, 0.5) is 23.2 Å². The van der Waals surface area contributed by atoms with E-state index < -0.39 is 38.5 Å². The van der Waals surface area contributed by atoms with Crippen LogP contribution in [0.25, 0.3) is 0 Å². The first-order chi connectivity index (χ1) is 8.95. The van der Waals surface area contributed by atoms with E-state index in [0.29, 0.717) is 12.1 Å². The first-order valence-electron chi connectivity index (χ1n) is 4.83. The molecular formula is C10H5Cl3F4N2O. The monoisotopic (exact) mass is 350 g/mol. The second kappa shape index (κ2) is 5.83. The normalized spacial score (nSPS) is 13.0. The second-order valence-corrected chi connectivity index (χ2v) is 5.27. The van der Waals surface area contributed by atoms with Gasteiger partial charge in [0.15, 0.2) is 11.6 Å². The van der Waals surface area contributed by atoms with Crippen LogP contribution in [-0.2, 0) is 11.0 Å². The molecule has 0 amide bonds. The smallest absolute Gasteiger partial charge is 0.294 e. The van der Waals surface area contributed by atoms with E-state index in [0.717, 1.165) is 6.92 Å². The molecule has 0 heterocycles. The van der Waals surface area contributed by atoms with Crippen LogP contribution in [0.3, 0.4) is 0 Å². The number of benzene rings is 1. The number of ketones is 1. The highest BCUT2D eigenvalue weighted by molar-refractivity contribution is 6.57. The summed E-state index contributed by atoms with van der Waals surface area (Å²) in [6, 6.07) is 0.766. The Kier molecular flexibility index (Phi) is 4.99. The lowest BCUT2D eigenvalue weighted by atomic mass is 10.2. The molecule has 3 nitrogen and oxygen atoms in total. The SMILES string of the molecule is CC(=O)C(Cl)(Cl)N=Nc1cc(C(F)(F)F)c(Cl)cc1F. The molecule has 0 aliphatic rings. The first-order valence-corrected chi connectivity index (χ1v) is 5.96. The quantitative estimate of drug-likeness (QED) is 0.315. The van der Waals surface area contributed by atoms with Gasteiger partial charge in [0.1, 0.15) is 5.69 Å². The molecule has 0 saturated heterocycles. The van der Waals surface area contributed by atoms with Crippen molar-refractivity contribution in [2.24, 2.45) is 10.2 Å². The highest BCUT2D eigenvalue weighted by Gasteiger charge is 2.35. The fourth-order valence-corrected chi connectivity index (χ4v) is 1.35. The van der Waals surface area contributed by atoms with Crippen LogP contribution in [-0.4, -0.2) is 10.2 Å². The summed E-state index contributed by atoms with van der Waals surface area (Å²) in [4.78, 5) is 10.9. The highest BCUT2D eigenvalue weighted by atomic mass is 35.5. The Hall–Kier alpha value is -0.920. The van der Waals surface area contributed by atoms with Crippen LogP contribution in [0.2, 0.25) is 5.02 Å². The van der Waals surface area contributed by atoms with Crippen molar-refractivity contribution in [2.75, 3.05) is 0 Å². The predicted molar refractivity (Wildman–Crippen MR) is 66.0 cm³/mol. The molecule has 0 saturated carbocycles. The molecular weight excluding hydrogens is 346 g/mol. The minimum absolute atomic E-state index is 0.338. The first kappa shape index (κ1) is 17.1. The maximum Gasteiger partial charge on any atom is 0.417 e. The summed E-state index contributed by atoms with van der Waals surface area (Å²) in [5, 5.41) is 5.39. The number of azo groups is 1. The lowest BCUT2D eigenvalue weighted by Gasteiger charge is -2.11. The van der Waals surface area contributed by atoms with E-state index >= 15 is 0 Å². The number of Topliss-reactive ketones (excluding diaryl/α,β-unsaturated/α-hetero) is 1. The van der Waals surface area contributed by atoms with Crippen molar-refractivity contribution in [1.82, 2.24) is 0 Å². The molecule has 1 aromatic rings. The molecule has 0 aliphatic heterocycles. The molecule has 0 N–H and O–H groups in total. The van der Waals surface area contributed by atoms with Gasteiger partial charge in [0, 0.05) is 0 Å². The van der Waals surface area contributed by atoms with Gasteiger partial charge in [0.2, 0.25) is 0 Å². The Morgan fingerprint density at radius 3 is 2.25 bits per heavy atom. The topological polar surface area (TPSA) is 41.8 Å². The number of rotatable bonds is 3. The van der Waals surface area contributed by atoms with Gasteiger partial charge in [0.05, 0.1) is 10.6 Å². The van der Waals surface area contributed by atoms with Crippen LogP contribution in [0, 0.1) is 5.82 Å². The van der Waals surface area contributed by atoms with Crippen LogP contribution < -0.4 is 0 Å². The molecule has 0 spiro atoms. The molecule has 0 fully saturated rings. The Morgan fingerprint density at radius 1 is 1.25 bits per heavy atom. The lowest BCUT2D eigenvalue weighted by Crippen LogP contribution is -2.19. The van der Waals surface area contributed by atoms with Gasteiger partial charge in [0.25, 0.3) is 4.46 Å². The zero-order chi connectivity index (χ0) is 15.7. The largest absolute Gasteiger partial charge is 0.417 e. The molecule has 0 aliphatic carbocycles. The maximum atomic E-state index is 13.4. The number of halogens is 7. The Morgan fingerprint density at radius 2 is 1.80 bits per heavy atom. The molecule has 0 atom stereocenters. The zero-order valence-corrected chi connectivity index (χ0v) is 11.9. The third kappa shape index (κ3) is 4.04. The van der Waals surface area contributed by atoms with Crippen molar-refractivity contribution in [2.45, 2.75) is 17.6 Å². The fraction of sp³-hybridized carbons (Fsp3) is 0.300. The van der Waals surface area contributed by atoms with Crippen LogP contribution >= 0.6 is 34.8 Å².